The van der Waals surface area contributed by atoms with Gasteiger partial charge >= 0.3 is 0 Å². The number of piperazine rings is 1. The minimum absolute atomic E-state index is 0.116. The van der Waals surface area contributed by atoms with E-state index in [9.17, 15) is 25.0 Å². The quantitative estimate of drug-likeness (QED) is 0.363. The molecule has 2 fully saturated rings. The molecule has 190 valence electrons. The number of nitrogens with one attached hydrogen (secondary N) is 1. The van der Waals surface area contributed by atoms with Crippen LogP contribution in [0.25, 0.3) is 0 Å². The van der Waals surface area contributed by atoms with Crippen molar-refractivity contribution in [1.82, 2.24) is 10.2 Å². The van der Waals surface area contributed by atoms with Crippen LogP contribution in [0, 0.1) is 27.2 Å². The van der Waals surface area contributed by atoms with Crippen molar-refractivity contribution in [3.05, 3.63) is 67.8 Å². The van der Waals surface area contributed by atoms with Gasteiger partial charge in [0.15, 0.2) is 5.11 Å². The number of anilines is 2. The molecule has 2 aliphatic rings. The summed E-state index contributed by atoms with van der Waals surface area (Å²) in [6.45, 7) is 5.54. The van der Waals surface area contributed by atoms with E-state index in [1.165, 1.54) is 25.1 Å². The minimum atomic E-state index is -0.515. The Bertz CT molecular complexity index is 1190. The number of nitro benzene ring substituents is 2. The Labute approximate surface area is 214 Å². The molecular formula is C24H28N6O5S. The van der Waals surface area contributed by atoms with Crippen LogP contribution >= 0.6 is 12.2 Å². The molecule has 0 spiro atoms. The molecule has 0 aliphatic carbocycles. The summed E-state index contributed by atoms with van der Waals surface area (Å²) in [5.41, 5.74) is 2.09. The number of hydrogen-bond acceptors (Lipinski definition) is 8. The highest BCUT2D eigenvalue weighted by molar-refractivity contribution is 7.80. The summed E-state index contributed by atoms with van der Waals surface area (Å²) in [7, 11) is 0. The summed E-state index contributed by atoms with van der Waals surface area (Å²) in [4.78, 5) is 40.8. The van der Waals surface area contributed by atoms with Gasteiger partial charge in [-0.25, -0.2) is 0 Å². The Hall–Kier alpha value is -3.80. The van der Waals surface area contributed by atoms with E-state index in [-0.39, 0.29) is 32.5 Å². The number of carbonyl (C=O) groups excluding carboxylic acids is 1. The Morgan fingerprint density at radius 3 is 2.19 bits per heavy atom. The normalized spacial score (nSPS) is 16.0. The van der Waals surface area contributed by atoms with Crippen molar-refractivity contribution < 1.29 is 14.6 Å². The van der Waals surface area contributed by atoms with Crippen molar-refractivity contribution in [2.24, 2.45) is 0 Å². The number of amides is 1. The number of nitro groups is 2. The van der Waals surface area contributed by atoms with Crippen LogP contribution in [-0.2, 0) is 0 Å². The van der Waals surface area contributed by atoms with Crippen molar-refractivity contribution in [2.75, 3.05) is 49.1 Å². The van der Waals surface area contributed by atoms with E-state index in [4.69, 9.17) is 12.2 Å². The fourth-order valence-electron chi connectivity index (χ4n) is 4.73. The number of nitrogens with zero attached hydrogens (tertiary/aromatic N) is 5. The van der Waals surface area contributed by atoms with Crippen molar-refractivity contribution in [2.45, 2.75) is 26.2 Å². The Balaban J connectivity index is 1.40. The first kappa shape index (κ1) is 25.3. The van der Waals surface area contributed by atoms with Crippen LogP contribution in [-0.4, -0.2) is 65.0 Å². The molecule has 11 nitrogen and oxygen atoms in total. The van der Waals surface area contributed by atoms with E-state index < -0.39 is 10.8 Å². The maximum atomic E-state index is 12.7. The fourth-order valence-corrected chi connectivity index (χ4v) is 5.00. The number of benzene rings is 2. The molecule has 0 bridgehead atoms. The van der Waals surface area contributed by atoms with Gasteiger partial charge in [0.05, 0.1) is 9.85 Å². The van der Waals surface area contributed by atoms with Crippen molar-refractivity contribution in [3.63, 3.8) is 0 Å². The first-order chi connectivity index (χ1) is 17.3. The molecule has 1 N–H and O–H groups in total. The molecule has 2 aliphatic heterocycles. The lowest BCUT2D eigenvalue weighted by Crippen LogP contribution is -2.52. The molecule has 36 heavy (non-hydrogen) atoms. The summed E-state index contributed by atoms with van der Waals surface area (Å²) in [5, 5.41) is 25.7. The van der Waals surface area contributed by atoms with E-state index in [1.807, 2.05) is 11.0 Å². The van der Waals surface area contributed by atoms with Gasteiger partial charge in [-0.15, -0.1) is 0 Å². The van der Waals surface area contributed by atoms with E-state index >= 15 is 0 Å². The van der Waals surface area contributed by atoms with Gasteiger partial charge in [0, 0.05) is 68.2 Å². The lowest BCUT2D eigenvalue weighted by molar-refractivity contribution is -0.385. The second-order valence-electron chi connectivity index (χ2n) is 8.92. The average Bonchev–Trinajstić information content (AvgIpc) is 2.88. The first-order valence-electron chi connectivity index (χ1n) is 11.9. The third-order valence-electron chi connectivity index (χ3n) is 6.75. The van der Waals surface area contributed by atoms with Crippen LogP contribution in [0.1, 0.15) is 35.2 Å². The molecule has 0 atom stereocenters. The zero-order valence-corrected chi connectivity index (χ0v) is 20.8. The van der Waals surface area contributed by atoms with E-state index in [0.717, 1.165) is 38.0 Å². The van der Waals surface area contributed by atoms with Gasteiger partial charge < -0.3 is 14.7 Å². The third-order valence-corrected chi connectivity index (χ3v) is 7.11. The van der Waals surface area contributed by atoms with Crippen LogP contribution in [0.5, 0.6) is 0 Å². The molecule has 2 saturated heterocycles. The van der Waals surface area contributed by atoms with Crippen LogP contribution in [0.2, 0.25) is 0 Å². The van der Waals surface area contributed by atoms with Crippen molar-refractivity contribution in [1.29, 1.82) is 0 Å². The highest BCUT2D eigenvalue weighted by Crippen LogP contribution is 2.34. The average molecular weight is 513 g/mol. The second kappa shape index (κ2) is 10.9. The van der Waals surface area contributed by atoms with Gasteiger partial charge in [0.2, 0.25) is 0 Å². The maximum absolute atomic E-state index is 12.7. The van der Waals surface area contributed by atoms with Gasteiger partial charge in [-0.05, 0) is 56.6 Å². The largest absolute Gasteiger partial charge is 0.368 e. The monoisotopic (exact) mass is 512 g/mol. The fraction of sp³-hybridized carbons (Fsp3) is 0.417. The molecule has 0 radical (unpaired) electrons. The van der Waals surface area contributed by atoms with Gasteiger partial charge in [0.25, 0.3) is 17.3 Å². The summed E-state index contributed by atoms with van der Waals surface area (Å²) in [6, 6.07) is 9.64. The summed E-state index contributed by atoms with van der Waals surface area (Å²) in [6.07, 6.45) is 3.20. The molecule has 0 aromatic heterocycles. The van der Waals surface area contributed by atoms with Crippen molar-refractivity contribution in [3.8, 4) is 0 Å². The number of rotatable bonds is 5. The van der Waals surface area contributed by atoms with Crippen LogP contribution in [0.4, 0.5) is 22.7 Å². The Kier molecular flexibility index (Phi) is 7.63. The Morgan fingerprint density at radius 2 is 1.56 bits per heavy atom. The van der Waals surface area contributed by atoms with E-state index in [1.54, 1.807) is 12.1 Å². The van der Waals surface area contributed by atoms with Gasteiger partial charge in [-0.2, -0.15) is 0 Å². The second-order valence-corrected chi connectivity index (χ2v) is 9.30. The number of carbonyl (C=O) groups is 1. The molecule has 12 heteroatoms. The molecule has 2 aromatic carbocycles. The lowest BCUT2D eigenvalue weighted by atomic mass is 10.1. The van der Waals surface area contributed by atoms with Crippen molar-refractivity contribution >= 4 is 46.0 Å². The standard InChI is InChI=1S/C24H28N6O5S/c1-17-19(6-5-7-20(17)29(32)33)23(31)25-24(36)28-14-12-26(13-15-28)18-8-9-21(30(34)35)22(16-18)27-10-3-2-4-11-27/h5-9,16H,2-4,10-15H2,1H3,(H,25,31,36). The highest BCUT2D eigenvalue weighted by Gasteiger charge is 2.26. The van der Waals surface area contributed by atoms with Crippen LogP contribution in [0.3, 0.4) is 0 Å². The van der Waals surface area contributed by atoms with Crippen LogP contribution in [0.15, 0.2) is 36.4 Å². The van der Waals surface area contributed by atoms with Gasteiger partial charge in [-0.1, -0.05) is 6.07 Å². The zero-order valence-electron chi connectivity index (χ0n) is 20.0. The van der Waals surface area contributed by atoms with Gasteiger partial charge in [-0.3, -0.25) is 30.3 Å². The predicted molar refractivity (Wildman–Crippen MR) is 141 cm³/mol. The number of thiocarbonyl (C=S) groups is 1. The summed E-state index contributed by atoms with van der Waals surface area (Å²) in [5.74, 6) is -0.481. The smallest absolute Gasteiger partial charge is 0.292 e. The Morgan fingerprint density at radius 1 is 0.889 bits per heavy atom. The summed E-state index contributed by atoms with van der Waals surface area (Å²) < 4.78 is 0. The lowest BCUT2D eigenvalue weighted by Gasteiger charge is -2.37. The zero-order chi connectivity index (χ0) is 25.8. The molecule has 4 rings (SSSR count). The molecule has 2 aromatic rings. The van der Waals surface area contributed by atoms with E-state index in [0.29, 0.717) is 31.9 Å². The predicted octanol–water partition coefficient (Wildman–Crippen LogP) is 3.64. The SMILES string of the molecule is Cc1c(C(=O)NC(=S)N2CCN(c3ccc([N+](=O)[O-])c(N4CCCCC4)c3)CC2)cccc1[N+](=O)[O-]. The molecule has 1 amide bonds. The molecule has 2 heterocycles. The maximum Gasteiger partial charge on any atom is 0.292 e. The molecule has 0 saturated carbocycles. The topological polar surface area (TPSA) is 125 Å². The molecular weight excluding hydrogens is 484 g/mol. The number of piperidine rings is 1. The van der Waals surface area contributed by atoms with Gasteiger partial charge in [0.1, 0.15) is 5.69 Å². The van der Waals surface area contributed by atoms with Crippen LogP contribution < -0.4 is 15.1 Å². The molecule has 0 unspecified atom stereocenters. The highest BCUT2D eigenvalue weighted by atomic mass is 32.1. The third kappa shape index (κ3) is 5.38. The minimum Gasteiger partial charge on any atom is -0.368 e. The van der Waals surface area contributed by atoms with E-state index in [2.05, 4.69) is 15.1 Å². The summed E-state index contributed by atoms with van der Waals surface area (Å²) >= 11 is 5.45. The first-order valence-corrected chi connectivity index (χ1v) is 12.3. The number of hydrogen-bond donors (Lipinski definition) is 1.